The molecule has 0 spiro atoms. The smallest absolute Gasteiger partial charge is 0.0699 e. The molecule has 0 amide bonds. The van der Waals surface area contributed by atoms with E-state index in [0.717, 1.165) is 12.3 Å². The largest absolute Gasteiger partial charge is 0.380 e. The lowest BCUT2D eigenvalue weighted by atomic mass is 10.1. The van der Waals surface area contributed by atoms with Crippen LogP contribution in [-0.2, 0) is 13.6 Å². The first-order valence-corrected chi connectivity index (χ1v) is 8.19. The van der Waals surface area contributed by atoms with Crippen LogP contribution in [0.25, 0.3) is 0 Å². The number of benzene rings is 1. The van der Waals surface area contributed by atoms with Gasteiger partial charge in [-0.3, -0.25) is 4.68 Å². The third-order valence-electron chi connectivity index (χ3n) is 3.20. The number of thioether (sulfide) groups is 1. The van der Waals surface area contributed by atoms with Crippen LogP contribution in [0.5, 0.6) is 0 Å². The Morgan fingerprint density at radius 3 is 2.86 bits per heavy atom. The van der Waals surface area contributed by atoms with Gasteiger partial charge in [-0.25, -0.2) is 0 Å². The molecule has 2 rings (SSSR count). The summed E-state index contributed by atoms with van der Waals surface area (Å²) in [5.41, 5.74) is 3.60. The van der Waals surface area contributed by atoms with Crippen LogP contribution in [0.4, 0.5) is 5.69 Å². The summed E-state index contributed by atoms with van der Waals surface area (Å²) < 4.78 is 1.89. The number of rotatable bonds is 7. The standard InChI is InChI=1S/C17H23N3S/c1-5-10-21-16-9-7-6-8-15(16)18-11-14-12-20(4)19-17(14)13(2)3/h5-9,12-13,18H,1,10-11H2,2-4H3. The van der Waals surface area contributed by atoms with Crippen molar-refractivity contribution < 1.29 is 0 Å². The number of anilines is 1. The summed E-state index contributed by atoms with van der Waals surface area (Å²) >= 11 is 1.80. The van der Waals surface area contributed by atoms with Gasteiger partial charge in [-0.15, -0.1) is 18.3 Å². The second-order valence-corrected chi connectivity index (χ2v) is 6.38. The molecule has 1 aromatic carbocycles. The number of aryl methyl sites for hydroxylation is 1. The summed E-state index contributed by atoms with van der Waals surface area (Å²) in [6.45, 7) is 8.94. The predicted molar refractivity (Wildman–Crippen MR) is 92.0 cm³/mol. The molecule has 1 aromatic heterocycles. The Bertz CT molecular complexity index is 602. The quantitative estimate of drug-likeness (QED) is 0.606. The molecule has 0 saturated heterocycles. The van der Waals surface area contributed by atoms with Crippen LogP contribution in [0.15, 0.2) is 48.0 Å². The van der Waals surface area contributed by atoms with Crippen LogP contribution < -0.4 is 5.32 Å². The van der Waals surface area contributed by atoms with Gasteiger partial charge in [-0.05, 0) is 18.1 Å². The van der Waals surface area contributed by atoms with Crippen LogP contribution in [0.3, 0.4) is 0 Å². The Morgan fingerprint density at radius 2 is 2.14 bits per heavy atom. The Balaban J connectivity index is 2.11. The van der Waals surface area contributed by atoms with Crippen LogP contribution in [0.1, 0.15) is 31.0 Å². The second-order valence-electron chi connectivity index (χ2n) is 5.32. The maximum Gasteiger partial charge on any atom is 0.0699 e. The number of hydrogen-bond donors (Lipinski definition) is 1. The lowest BCUT2D eigenvalue weighted by Crippen LogP contribution is -2.03. The molecule has 0 atom stereocenters. The minimum Gasteiger partial charge on any atom is -0.380 e. The van der Waals surface area contributed by atoms with E-state index in [9.17, 15) is 0 Å². The molecular weight excluding hydrogens is 278 g/mol. The van der Waals surface area contributed by atoms with E-state index in [0.29, 0.717) is 5.92 Å². The molecule has 0 aliphatic rings. The third-order valence-corrected chi connectivity index (χ3v) is 4.27. The summed E-state index contributed by atoms with van der Waals surface area (Å²) in [5, 5.41) is 8.09. The Hall–Kier alpha value is -1.68. The van der Waals surface area contributed by atoms with Gasteiger partial charge < -0.3 is 5.32 Å². The number of nitrogens with zero attached hydrogens (tertiary/aromatic N) is 2. The van der Waals surface area contributed by atoms with Crippen molar-refractivity contribution in [1.29, 1.82) is 0 Å². The van der Waals surface area contributed by atoms with E-state index in [1.807, 2.05) is 17.8 Å². The van der Waals surface area contributed by atoms with Crippen LogP contribution in [-0.4, -0.2) is 15.5 Å². The highest BCUT2D eigenvalue weighted by Crippen LogP contribution is 2.28. The molecule has 0 radical (unpaired) electrons. The Morgan fingerprint density at radius 1 is 1.38 bits per heavy atom. The van der Waals surface area contributed by atoms with Crippen LogP contribution in [0.2, 0.25) is 0 Å². The third kappa shape index (κ3) is 4.14. The van der Waals surface area contributed by atoms with Gasteiger partial charge in [0.15, 0.2) is 0 Å². The highest BCUT2D eigenvalue weighted by Gasteiger charge is 2.11. The first-order chi connectivity index (χ1) is 10.1. The molecular formula is C17H23N3S. The van der Waals surface area contributed by atoms with Crippen molar-refractivity contribution in [3.8, 4) is 0 Å². The zero-order chi connectivity index (χ0) is 15.2. The molecule has 4 heteroatoms. The van der Waals surface area contributed by atoms with Crippen molar-refractivity contribution in [1.82, 2.24) is 9.78 Å². The first kappa shape index (κ1) is 15.7. The maximum atomic E-state index is 4.55. The molecule has 112 valence electrons. The number of para-hydroxylation sites is 1. The molecule has 0 saturated carbocycles. The molecule has 2 aromatic rings. The monoisotopic (exact) mass is 301 g/mol. The molecule has 0 unspecified atom stereocenters. The molecule has 0 aliphatic heterocycles. The molecule has 1 N–H and O–H groups in total. The van der Waals surface area contributed by atoms with Crippen molar-refractivity contribution >= 4 is 17.4 Å². The molecule has 1 heterocycles. The van der Waals surface area contributed by atoms with Gasteiger partial charge in [0.05, 0.1) is 5.69 Å². The van der Waals surface area contributed by atoms with Gasteiger partial charge in [0, 0.05) is 41.7 Å². The summed E-state index contributed by atoms with van der Waals surface area (Å²) in [5.74, 6) is 1.36. The lowest BCUT2D eigenvalue weighted by Gasteiger charge is -2.12. The molecule has 21 heavy (non-hydrogen) atoms. The normalized spacial score (nSPS) is 10.9. The number of nitrogens with one attached hydrogen (secondary N) is 1. The summed E-state index contributed by atoms with van der Waals surface area (Å²) in [6.07, 6.45) is 4.03. The highest BCUT2D eigenvalue weighted by molar-refractivity contribution is 7.99. The fraction of sp³-hybridized carbons (Fsp3) is 0.353. The van der Waals surface area contributed by atoms with Crippen molar-refractivity contribution in [3.63, 3.8) is 0 Å². The topological polar surface area (TPSA) is 29.9 Å². The van der Waals surface area contributed by atoms with E-state index < -0.39 is 0 Å². The van der Waals surface area contributed by atoms with Crippen molar-refractivity contribution in [2.45, 2.75) is 31.2 Å². The molecule has 0 fully saturated rings. The SMILES string of the molecule is C=CCSc1ccccc1NCc1cn(C)nc1C(C)C. The summed E-state index contributed by atoms with van der Waals surface area (Å²) in [6, 6.07) is 8.40. The zero-order valence-corrected chi connectivity index (χ0v) is 13.8. The summed E-state index contributed by atoms with van der Waals surface area (Å²) in [4.78, 5) is 1.26. The highest BCUT2D eigenvalue weighted by atomic mass is 32.2. The van der Waals surface area contributed by atoms with Crippen molar-refractivity contribution in [2.75, 3.05) is 11.1 Å². The molecule has 3 nitrogen and oxygen atoms in total. The Kier molecular flexibility index (Phi) is 5.51. The van der Waals surface area contributed by atoms with Gasteiger partial charge in [-0.1, -0.05) is 32.1 Å². The van der Waals surface area contributed by atoms with E-state index in [-0.39, 0.29) is 0 Å². The van der Waals surface area contributed by atoms with E-state index in [1.54, 1.807) is 11.8 Å². The lowest BCUT2D eigenvalue weighted by molar-refractivity contribution is 0.712. The van der Waals surface area contributed by atoms with E-state index in [2.05, 4.69) is 61.3 Å². The molecule has 0 aliphatic carbocycles. The van der Waals surface area contributed by atoms with Crippen molar-refractivity contribution in [2.24, 2.45) is 7.05 Å². The second kappa shape index (κ2) is 7.36. The van der Waals surface area contributed by atoms with Gasteiger partial charge in [0.25, 0.3) is 0 Å². The van der Waals surface area contributed by atoms with Crippen molar-refractivity contribution in [3.05, 3.63) is 54.4 Å². The fourth-order valence-corrected chi connectivity index (χ4v) is 3.02. The van der Waals surface area contributed by atoms with Gasteiger partial charge in [-0.2, -0.15) is 5.10 Å². The van der Waals surface area contributed by atoms with Gasteiger partial charge >= 0.3 is 0 Å². The Labute approximate surface area is 131 Å². The molecule has 0 bridgehead atoms. The predicted octanol–water partition coefficient (Wildman–Crippen LogP) is 4.43. The average molecular weight is 301 g/mol. The van der Waals surface area contributed by atoms with Crippen LogP contribution in [0, 0.1) is 0 Å². The van der Waals surface area contributed by atoms with E-state index >= 15 is 0 Å². The van der Waals surface area contributed by atoms with E-state index in [4.69, 9.17) is 0 Å². The zero-order valence-electron chi connectivity index (χ0n) is 13.0. The minimum atomic E-state index is 0.438. The number of hydrogen-bond acceptors (Lipinski definition) is 3. The maximum absolute atomic E-state index is 4.55. The van der Waals surface area contributed by atoms with Gasteiger partial charge in [0.2, 0.25) is 0 Å². The van der Waals surface area contributed by atoms with Crippen LogP contribution >= 0.6 is 11.8 Å². The average Bonchev–Trinajstić information content (AvgIpc) is 2.85. The number of aromatic nitrogens is 2. The summed E-state index contributed by atoms with van der Waals surface area (Å²) in [7, 11) is 1.98. The first-order valence-electron chi connectivity index (χ1n) is 7.20. The fourth-order valence-electron chi connectivity index (χ4n) is 2.25. The van der Waals surface area contributed by atoms with E-state index in [1.165, 1.54) is 21.8 Å². The minimum absolute atomic E-state index is 0.438. The van der Waals surface area contributed by atoms with Gasteiger partial charge in [0.1, 0.15) is 0 Å².